The number of aliphatic hydroxyl groups is 1. The minimum absolute atomic E-state index is 0.197. The van der Waals surface area contributed by atoms with Crippen molar-refractivity contribution in [2.75, 3.05) is 13.2 Å². The van der Waals surface area contributed by atoms with Crippen LogP contribution < -0.4 is 10.3 Å². The Hall–Kier alpha value is -3.64. The number of hydrogen-bond donors (Lipinski definition) is 1. The van der Waals surface area contributed by atoms with E-state index in [4.69, 9.17) is 9.84 Å². The van der Waals surface area contributed by atoms with Crippen molar-refractivity contribution in [3.05, 3.63) is 95.2 Å². The molecule has 29 heavy (non-hydrogen) atoms. The van der Waals surface area contributed by atoms with Crippen molar-refractivity contribution in [3.63, 3.8) is 0 Å². The highest BCUT2D eigenvalue weighted by atomic mass is 16.5. The van der Waals surface area contributed by atoms with Gasteiger partial charge < -0.3 is 19.0 Å². The van der Waals surface area contributed by atoms with Crippen LogP contribution in [0.1, 0.15) is 10.4 Å². The molecular formula is C23H20N2O4. The Morgan fingerprint density at radius 3 is 2.55 bits per heavy atom. The number of Topliss-reactive ketones (excluding diaryl/α,β-unsaturated/α-hetero) is 1. The normalized spacial score (nSPS) is 10.9. The van der Waals surface area contributed by atoms with Crippen LogP contribution in [-0.4, -0.2) is 33.2 Å². The lowest BCUT2D eigenvalue weighted by Gasteiger charge is -2.13. The Bertz CT molecular complexity index is 1210. The molecule has 0 spiro atoms. The number of aromatic nitrogens is 2. The fourth-order valence-electron chi connectivity index (χ4n) is 3.26. The van der Waals surface area contributed by atoms with Gasteiger partial charge in [-0.2, -0.15) is 0 Å². The van der Waals surface area contributed by atoms with Crippen LogP contribution in [-0.2, 0) is 6.54 Å². The van der Waals surface area contributed by atoms with Gasteiger partial charge in [-0.3, -0.25) is 9.59 Å². The van der Waals surface area contributed by atoms with Gasteiger partial charge in [0, 0.05) is 29.5 Å². The van der Waals surface area contributed by atoms with Crippen LogP contribution in [0.5, 0.6) is 5.75 Å². The van der Waals surface area contributed by atoms with E-state index in [9.17, 15) is 9.59 Å². The second kappa shape index (κ2) is 8.16. The van der Waals surface area contributed by atoms with E-state index in [1.165, 1.54) is 6.07 Å². The van der Waals surface area contributed by atoms with E-state index in [1.807, 2.05) is 59.4 Å². The monoisotopic (exact) mass is 388 g/mol. The number of ketones is 1. The number of para-hydroxylation sites is 2. The molecule has 0 saturated heterocycles. The van der Waals surface area contributed by atoms with Gasteiger partial charge in [0.25, 0.3) is 5.56 Å². The maximum atomic E-state index is 12.8. The first-order valence-electron chi connectivity index (χ1n) is 9.30. The molecule has 0 fully saturated rings. The van der Waals surface area contributed by atoms with E-state index in [0.29, 0.717) is 24.1 Å². The minimum atomic E-state index is -0.582. The Labute approximate surface area is 167 Å². The number of hydrogen-bond acceptors (Lipinski definition) is 4. The molecule has 0 amide bonds. The molecule has 1 N–H and O–H groups in total. The number of pyridine rings is 1. The highest BCUT2D eigenvalue weighted by Gasteiger charge is 2.09. The standard InChI is InChI=1S/C23H20N2O4/c26-16-21(27)18-8-7-17-9-12-25(23(28)19(17)15-18)13-14-29-22-6-2-1-5-20(22)24-10-3-4-11-24/h1-12,15,26H,13-14,16H2. The summed E-state index contributed by atoms with van der Waals surface area (Å²) in [7, 11) is 0. The van der Waals surface area contributed by atoms with E-state index in [0.717, 1.165) is 16.8 Å². The van der Waals surface area contributed by atoms with Crippen LogP contribution in [0.4, 0.5) is 0 Å². The Morgan fingerprint density at radius 1 is 0.966 bits per heavy atom. The van der Waals surface area contributed by atoms with E-state index in [1.54, 1.807) is 22.9 Å². The molecular weight excluding hydrogens is 368 g/mol. The smallest absolute Gasteiger partial charge is 0.258 e. The quantitative estimate of drug-likeness (QED) is 0.494. The van der Waals surface area contributed by atoms with Gasteiger partial charge in [-0.25, -0.2) is 0 Å². The lowest BCUT2D eigenvalue weighted by molar-refractivity contribution is 0.0904. The molecule has 0 unspecified atom stereocenters. The summed E-state index contributed by atoms with van der Waals surface area (Å²) in [5.74, 6) is 0.319. The SMILES string of the molecule is O=C(CO)c1ccc2ccn(CCOc3ccccc3-n3cccc3)c(=O)c2c1. The molecule has 4 rings (SSSR count). The van der Waals surface area contributed by atoms with E-state index in [-0.39, 0.29) is 5.56 Å². The lowest BCUT2D eigenvalue weighted by Crippen LogP contribution is -2.23. The molecule has 6 nitrogen and oxygen atoms in total. The molecule has 2 aromatic heterocycles. The van der Waals surface area contributed by atoms with Crippen molar-refractivity contribution in [3.8, 4) is 11.4 Å². The van der Waals surface area contributed by atoms with E-state index in [2.05, 4.69) is 0 Å². The summed E-state index contributed by atoms with van der Waals surface area (Å²) in [6.07, 6.45) is 5.61. The fraction of sp³-hybridized carbons (Fsp3) is 0.130. The number of fused-ring (bicyclic) bond motifs is 1. The molecule has 2 aromatic carbocycles. The maximum absolute atomic E-state index is 12.8. The summed E-state index contributed by atoms with van der Waals surface area (Å²) >= 11 is 0. The van der Waals surface area contributed by atoms with Crippen molar-refractivity contribution in [2.24, 2.45) is 0 Å². The second-order valence-electron chi connectivity index (χ2n) is 6.60. The molecule has 4 aromatic rings. The van der Waals surface area contributed by atoms with Crippen molar-refractivity contribution < 1.29 is 14.6 Å². The third-order valence-corrected chi connectivity index (χ3v) is 4.78. The van der Waals surface area contributed by atoms with Crippen LogP contribution >= 0.6 is 0 Å². The number of rotatable bonds is 7. The molecule has 0 atom stereocenters. The third kappa shape index (κ3) is 3.83. The molecule has 146 valence electrons. The predicted octanol–water partition coefficient (Wildman–Crippen LogP) is 3.05. The Balaban J connectivity index is 1.54. The first-order chi connectivity index (χ1) is 14.2. The third-order valence-electron chi connectivity index (χ3n) is 4.78. The van der Waals surface area contributed by atoms with Gasteiger partial charge in [-0.1, -0.05) is 24.3 Å². The first-order valence-corrected chi connectivity index (χ1v) is 9.30. The number of benzene rings is 2. The largest absolute Gasteiger partial charge is 0.490 e. The average Bonchev–Trinajstić information content (AvgIpc) is 3.30. The fourth-order valence-corrected chi connectivity index (χ4v) is 3.26. The number of carbonyl (C=O) groups is 1. The van der Waals surface area contributed by atoms with E-state index >= 15 is 0 Å². The number of aliphatic hydroxyl groups excluding tert-OH is 1. The predicted molar refractivity (Wildman–Crippen MR) is 111 cm³/mol. The van der Waals surface area contributed by atoms with Gasteiger partial charge in [0.1, 0.15) is 19.0 Å². The molecule has 0 radical (unpaired) electrons. The highest BCUT2D eigenvalue weighted by Crippen LogP contribution is 2.22. The summed E-state index contributed by atoms with van der Waals surface area (Å²) < 4.78 is 9.48. The van der Waals surface area contributed by atoms with Gasteiger partial charge in [-0.05, 0) is 41.8 Å². The molecule has 2 heterocycles. The van der Waals surface area contributed by atoms with Crippen LogP contribution in [0, 0.1) is 0 Å². The summed E-state index contributed by atoms with van der Waals surface area (Å²) in [5.41, 5.74) is 1.06. The highest BCUT2D eigenvalue weighted by molar-refractivity contribution is 6.00. The molecule has 0 aliphatic rings. The van der Waals surface area contributed by atoms with Gasteiger partial charge >= 0.3 is 0 Å². The number of ether oxygens (including phenoxy) is 1. The van der Waals surface area contributed by atoms with Gasteiger partial charge in [0.15, 0.2) is 5.78 Å². The summed E-state index contributed by atoms with van der Waals surface area (Å²) in [5, 5.41) is 10.2. The van der Waals surface area contributed by atoms with Gasteiger partial charge in [0.05, 0.1) is 12.2 Å². The zero-order valence-electron chi connectivity index (χ0n) is 15.7. The minimum Gasteiger partial charge on any atom is -0.490 e. The van der Waals surface area contributed by atoms with Crippen LogP contribution in [0.2, 0.25) is 0 Å². The van der Waals surface area contributed by atoms with Crippen LogP contribution in [0.15, 0.2) is 84.0 Å². The van der Waals surface area contributed by atoms with E-state index < -0.39 is 12.4 Å². The van der Waals surface area contributed by atoms with Crippen molar-refractivity contribution in [1.29, 1.82) is 0 Å². The molecule has 0 saturated carbocycles. The summed E-state index contributed by atoms with van der Waals surface area (Å²) in [4.78, 5) is 24.5. The van der Waals surface area contributed by atoms with Crippen LogP contribution in [0.25, 0.3) is 16.5 Å². The van der Waals surface area contributed by atoms with Crippen molar-refractivity contribution in [1.82, 2.24) is 9.13 Å². The van der Waals surface area contributed by atoms with Gasteiger partial charge in [0.2, 0.25) is 0 Å². The molecule has 0 bridgehead atoms. The topological polar surface area (TPSA) is 73.5 Å². The molecule has 0 aliphatic heterocycles. The maximum Gasteiger partial charge on any atom is 0.258 e. The summed E-state index contributed by atoms with van der Waals surface area (Å²) in [6, 6.07) is 18.3. The Kier molecular flexibility index (Phi) is 5.27. The number of carbonyl (C=O) groups excluding carboxylic acids is 1. The summed E-state index contributed by atoms with van der Waals surface area (Å²) in [6.45, 7) is 0.104. The zero-order valence-corrected chi connectivity index (χ0v) is 15.7. The lowest BCUT2D eigenvalue weighted by atomic mass is 10.1. The van der Waals surface area contributed by atoms with Crippen LogP contribution in [0.3, 0.4) is 0 Å². The molecule has 0 aliphatic carbocycles. The molecule has 6 heteroatoms. The second-order valence-corrected chi connectivity index (χ2v) is 6.60. The van der Waals surface area contributed by atoms with Gasteiger partial charge in [-0.15, -0.1) is 0 Å². The first kappa shape index (κ1) is 18.7. The average molecular weight is 388 g/mol. The van der Waals surface area contributed by atoms with Crippen molar-refractivity contribution in [2.45, 2.75) is 6.54 Å². The number of nitrogens with zero attached hydrogens (tertiary/aromatic N) is 2. The van der Waals surface area contributed by atoms with Crippen molar-refractivity contribution >= 4 is 16.6 Å². The Morgan fingerprint density at radius 2 is 1.76 bits per heavy atom. The zero-order chi connectivity index (χ0) is 20.2.